The lowest BCUT2D eigenvalue weighted by Gasteiger charge is -2.13. The number of alkyl halides is 3. The topological polar surface area (TPSA) is 54.5 Å². The Labute approximate surface area is 123 Å². The number of benzene rings is 1. The highest BCUT2D eigenvalue weighted by Gasteiger charge is 2.35. The van der Waals surface area contributed by atoms with Gasteiger partial charge in [-0.3, -0.25) is 0 Å². The van der Waals surface area contributed by atoms with Crippen LogP contribution >= 0.6 is 0 Å². The van der Waals surface area contributed by atoms with Gasteiger partial charge in [0.05, 0.1) is 17.1 Å². The number of aryl methyl sites for hydroxylation is 1. The molecule has 7 heteroatoms. The van der Waals surface area contributed by atoms with E-state index in [1.165, 1.54) is 17.7 Å². The minimum Gasteiger partial charge on any atom is -0.301 e. The van der Waals surface area contributed by atoms with E-state index in [-0.39, 0.29) is 11.6 Å². The summed E-state index contributed by atoms with van der Waals surface area (Å²) in [6, 6.07) is 8.51. The third kappa shape index (κ3) is 2.19. The smallest absolute Gasteiger partial charge is 0.301 e. The van der Waals surface area contributed by atoms with Crippen molar-refractivity contribution in [3.63, 3.8) is 0 Å². The molecule has 0 unspecified atom stereocenters. The minimum atomic E-state index is -4.56. The highest BCUT2D eigenvalue weighted by atomic mass is 19.4. The van der Waals surface area contributed by atoms with E-state index >= 15 is 0 Å². The van der Waals surface area contributed by atoms with Gasteiger partial charge in [-0.05, 0) is 25.1 Å². The van der Waals surface area contributed by atoms with E-state index in [4.69, 9.17) is 5.26 Å². The fourth-order valence-corrected chi connectivity index (χ4v) is 2.29. The lowest BCUT2D eigenvalue weighted by molar-refractivity contribution is -0.138. The van der Waals surface area contributed by atoms with Gasteiger partial charge in [0.2, 0.25) is 0 Å². The van der Waals surface area contributed by atoms with Crippen LogP contribution in [-0.4, -0.2) is 14.5 Å². The van der Waals surface area contributed by atoms with E-state index in [1.54, 1.807) is 24.3 Å². The van der Waals surface area contributed by atoms with Crippen LogP contribution < -0.4 is 0 Å². The van der Waals surface area contributed by atoms with Gasteiger partial charge < -0.3 is 4.57 Å². The first-order chi connectivity index (χ1) is 10.4. The molecule has 1 aromatic carbocycles. The maximum Gasteiger partial charge on any atom is 0.421 e. The highest BCUT2D eigenvalue weighted by Crippen LogP contribution is 2.34. The number of hydrogen-bond acceptors (Lipinski definition) is 3. The van der Waals surface area contributed by atoms with E-state index in [0.717, 1.165) is 6.20 Å². The molecule has 0 spiro atoms. The largest absolute Gasteiger partial charge is 0.421 e. The summed E-state index contributed by atoms with van der Waals surface area (Å²) in [6.45, 7) is 1.52. The molecule has 2 heterocycles. The normalized spacial score (nSPS) is 11.6. The molecular weight excluding hydrogens is 293 g/mol. The summed E-state index contributed by atoms with van der Waals surface area (Å²) >= 11 is 0. The molecule has 4 nitrogen and oxygen atoms in total. The molecule has 0 saturated carbocycles. The monoisotopic (exact) mass is 302 g/mol. The van der Waals surface area contributed by atoms with Gasteiger partial charge in [0.1, 0.15) is 11.4 Å². The predicted molar refractivity (Wildman–Crippen MR) is 73.3 cm³/mol. The van der Waals surface area contributed by atoms with Crippen LogP contribution in [0.25, 0.3) is 16.7 Å². The Morgan fingerprint density at radius 2 is 2.00 bits per heavy atom. The van der Waals surface area contributed by atoms with Crippen molar-refractivity contribution in [1.82, 2.24) is 14.5 Å². The molecular formula is C15H9F3N4. The predicted octanol–water partition coefficient (Wildman–Crippen LogP) is 3.62. The van der Waals surface area contributed by atoms with Gasteiger partial charge >= 0.3 is 6.18 Å². The Kier molecular flexibility index (Phi) is 3.10. The second-order valence-corrected chi connectivity index (χ2v) is 4.69. The summed E-state index contributed by atoms with van der Waals surface area (Å²) in [5.74, 6) is -0.00798. The first-order valence-corrected chi connectivity index (χ1v) is 6.33. The van der Waals surface area contributed by atoms with Crippen molar-refractivity contribution in [1.29, 1.82) is 5.26 Å². The zero-order valence-corrected chi connectivity index (χ0v) is 11.4. The Morgan fingerprint density at radius 1 is 1.23 bits per heavy atom. The lowest BCUT2D eigenvalue weighted by atomic mass is 10.1. The van der Waals surface area contributed by atoms with Crippen molar-refractivity contribution >= 4 is 10.9 Å². The van der Waals surface area contributed by atoms with Crippen LogP contribution in [0.4, 0.5) is 13.2 Å². The SMILES string of the molecule is Cc1ncc(C(F)(F)F)c(-n2ccc3c(C#N)cccc32)n1. The number of nitriles is 1. The zero-order valence-electron chi connectivity index (χ0n) is 11.4. The molecule has 0 atom stereocenters. The summed E-state index contributed by atoms with van der Waals surface area (Å²) < 4.78 is 40.8. The van der Waals surface area contributed by atoms with E-state index in [9.17, 15) is 13.2 Å². The van der Waals surface area contributed by atoms with E-state index in [0.29, 0.717) is 16.5 Å². The van der Waals surface area contributed by atoms with Gasteiger partial charge in [0.25, 0.3) is 0 Å². The van der Waals surface area contributed by atoms with Crippen molar-refractivity contribution in [2.24, 2.45) is 0 Å². The number of halogens is 3. The molecule has 3 aromatic rings. The first-order valence-electron chi connectivity index (χ1n) is 6.33. The summed E-state index contributed by atoms with van der Waals surface area (Å²) in [4.78, 5) is 7.57. The molecule has 0 N–H and O–H groups in total. The fraction of sp³-hybridized carbons (Fsp3) is 0.133. The molecule has 0 saturated heterocycles. The van der Waals surface area contributed by atoms with E-state index in [1.807, 2.05) is 6.07 Å². The molecule has 3 rings (SSSR count). The van der Waals surface area contributed by atoms with Crippen LogP contribution in [0.2, 0.25) is 0 Å². The molecule has 0 aliphatic rings. The van der Waals surface area contributed by atoms with Gasteiger partial charge in [0, 0.05) is 17.8 Å². The molecule has 110 valence electrons. The molecule has 22 heavy (non-hydrogen) atoms. The molecule has 0 aliphatic carbocycles. The average Bonchev–Trinajstić information content (AvgIpc) is 2.89. The molecule has 0 fully saturated rings. The van der Waals surface area contributed by atoms with Crippen molar-refractivity contribution in [2.45, 2.75) is 13.1 Å². The molecule has 0 bridgehead atoms. The lowest BCUT2D eigenvalue weighted by Crippen LogP contribution is -2.13. The summed E-state index contributed by atoms with van der Waals surface area (Å²) in [7, 11) is 0. The van der Waals surface area contributed by atoms with Crippen LogP contribution in [0.3, 0.4) is 0 Å². The van der Waals surface area contributed by atoms with Gasteiger partial charge in [-0.15, -0.1) is 0 Å². The number of aromatic nitrogens is 3. The number of fused-ring (bicyclic) bond motifs is 1. The van der Waals surface area contributed by atoms with Gasteiger partial charge in [-0.25, -0.2) is 9.97 Å². The standard InChI is InChI=1S/C15H9F3N4/c1-9-20-8-12(15(16,17)18)14(21-9)22-6-5-11-10(7-19)3-2-4-13(11)22/h2-6,8H,1H3. The first kappa shape index (κ1) is 14.1. The van der Waals surface area contributed by atoms with Crippen LogP contribution in [0.5, 0.6) is 0 Å². The third-order valence-corrected chi connectivity index (χ3v) is 3.28. The maximum atomic E-state index is 13.2. The minimum absolute atomic E-state index is 0.237. The Morgan fingerprint density at radius 3 is 2.68 bits per heavy atom. The Hall–Kier alpha value is -2.88. The van der Waals surface area contributed by atoms with Gasteiger partial charge in [-0.1, -0.05) is 6.07 Å². The van der Waals surface area contributed by atoms with Crippen LogP contribution in [-0.2, 0) is 6.18 Å². The van der Waals surface area contributed by atoms with Crippen LogP contribution in [0.1, 0.15) is 17.0 Å². The molecule has 0 aliphatic heterocycles. The van der Waals surface area contributed by atoms with Crippen molar-refractivity contribution < 1.29 is 13.2 Å². The Balaban J connectivity index is 2.34. The average molecular weight is 302 g/mol. The van der Waals surface area contributed by atoms with Crippen molar-refractivity contribution in [2.75, 3.05) is 0 Å². The van der Waals surface area contributed by atoms with Crippen molar-refractivity contribution in [3.8, 4) is 11.9 Å². The van der Waals surface area contributed by atoms with Gasteiger partial charge in [0.15, 0.2) is 5.82 Å². The van der Waals surface area contributed by atoms with E-state index < -0.39 is 11.7 Å². The zero-order chi connectivity index (χ0) is 15.9. The molecule has 2 aromatic heterocycles. The number of hydrogen-bond donors (Lipinski definition) is 0. The second kappa shape index (κ2) is 4.84. The summed E-state index contributed by atoms with van der Waals surface area (Å²) in [5.41, 5.74) is -0.0313. The Bertz CT molecular complexity index is 903. The van der Waals surface area contributed by atoms with Crippen LogP contribution in [0, 0.1) is 18.3 Å². The summed E-state index contributed by atoms with van der Waals surface area (Å²) in [6.07, 6.45) is -2.31. The van der Waals surface area contributed by atoms with Crippen LogP contribution in [0.15, 0.2) is 36.7 Å². The fourth-order valence-electron chi connectivity index (χ4n) is 2.29. The van der Waals surface area contributed by atoms with E-state index in [2.05, 4.69) is 9.97 Å². The quantitative estimate of drug-likeness (QED) is 0.690. The number of rotatable bonds is 1. The molecule has 0 radical (unpaired) electrons. The number of nitrogens with zero attached hydrogens (tertiary/aromatic N) is 4. The third-order valence-electron chi connectivity index (χ3n) is 3.28. The maximum absolute atomic E-state index is 13.2. The highest BCUT2D eigenvalue weighted by molar-refractivity contribution is 5.87. The second-order valence-electron chi connectivity index (χ2n) is 4.69. The molecule has 0 amide bonds. The summed E-state index contributed by atoms with van der Waals surface area (Å²) in [5, 5.41) is 9.66. The van der Waals surface area contributed by atoms with Gasteiger partial charge in [-0.2, -0.15) is 18.4 Å². The van der Waals surface area contributed by atoms with Crippen molar-refractivity contribution in [3.05, 3.63) is 53.6 Å².